The highest BCUT2D eigenvalue weighted by Gasteiger charge is 2.52. The summed E-state index contributed by atoms with van der Waals surface area (Å²) in [4.78, 5) is 25.0. The fraction of sp³-hybridized carbons (Fsp3) is 0.529. The van der Waals surface area contributed by atoms with Gasteiger partial charge in [0.25, 0.3) is 0 Å². The summed E-state index contributed by atoms with van der Waals surface area (Å²) in [6.45, 7) is 2.11. The molecule has 2 amide bonds. The first kappa shape index (κ1) is 15.8. The standard InChI is InChI=1S/C17H23N3O3/c18-15(23)19-17(13-4-2-1-3-5-13)8-10-20(11-9-17)12-16(6-7-16)14(21)22/h1-5H,6-12H2,(H,21,22)(H3,18,19,23). The Balaban J connectivity index is 1.71. The van der Waals surface area contributed by atoms with Crippen molar-refractivity contribution in [3.63, 3.8) is 0 Å². The largest absolute Gasteiger partial charge is 0.481 e. The predicted octanol–water partition coefficient (Wildman–Crippen LogP) is 1.51. The number of carboxylic acids is 1. The van der Waals surface area contributed by atoms with Gasteiger partial charge in [-0.1, -0.05) is 30.3 Å². The quantitative estimate of drug-likeness (QED) is 0.767. The number of primary amides is 1. The van der Waals surface area contributed by atoms with E-state index in [0.29, 0.717) is 6.54 Å². The van der Waals surface area contributed by atoms with Crippen molar-refractivity contribution in [2.24, 2.45) is 11.1 Å². The second-order valence-corrected chi connectivity index (χ2v) is 6.80. The van der Waals surface area contributed by atoms with Gasteiger partial charge in [0.1, 0.15) is 0 Å². The highest BCUT2D eigenvalue weighted by Crippen LogP contribution is 2.47. The molecule has 0 spiro atoms. The molecule has 0 bridgehead atoms. The van der Waals surface area contributed by atoms with Crippen LogP contribution >= 0.6 is 0 Å². The van der Waals surface area contributed by atoms with Crippen molar-refractivity contribution < 1.29 is 14.7 Å². The maximum absolute atomic E-state index is 11.5. The van der Waals surface area contributed by atoms with Crippen LogP contribution in [0.1, 0.15) is 31.2 Å². The molecule has 3 rings (SSSR count). The van der Waals surface area contributed by atoms with E-state index in [2.05, 4.69) is 10.2 Å². The average Bonchev–Trinajstić information content (AvgIpc) is 3.31. The second-order valence-electron chi connectivity index (χ2n) is 6.80. The summed E-state index contributed by atoms with van der Waals surface area (Å²) in [6.07, 6.45) is 3.00. The van der Waals surface area contributed by atoms with E-state index in [4.69, 9.17) is 5.73 Å². The highest BCUT2D eigenvalue weighted by atomic mass is 16.4. The summed E-state index contributed by atoms with van der Waals surface area (Å²) in [7, 11) is 0. The molecule has 0 aromatic heterocycles. The van der Waals surface area contributed by atoms with Crippen molar-refractivity contribution in [3.8, 4) is 0 Å². The zero-order valence-electron chi connectivity index (χ0n) is 13.1. The molecule has 1 aromatic carbocycles. The van der Waals surface area contributed by atoms with Gasteiger partial charge < -0.3 is 21.1 Å². The summed E-state index contributed by atoms with van der Waals surface area (Å²) >= 11 is 0. The number of likely N-dealkylation sites (tertiary alicyclic amines) is 1. The summed E-state index contributed by atoms with van der Waals surface area (Å²) < 4.78 is 0. The Kier molecular flexibility index (Phi) is 4.02. The first-order chi connectivity index (χ1) is 11.0. The normalized spacial score (nSPS) is 22.3. The van der Waals surface area contributed by atoms with E-state index in [1.807, 2.05) is 30.3 Å². The molecule has 4 N–H and O–H groups in total. The van der Waals surface area contributed by atoms with E-state index in [0.717, 1.165) is 44.3 Å². The third-order valence-corrected chi connectivity index (χ3v) is 5.23. The van der Waals surface area contributed by atoms with Crippen LogP contribution < -0.4 is 11.1 Å². The first-order valence-electron chi connectivity index (χ1n) is 8.05. The summed E-state index contributed by atoms with van der Waals surface area (Å²) in [5, 5.41) is 12.3. The van der Waals surface area contributed by atoms with Gasteiger partial charge in [-0.15, -0.1) is 0 Å². The first-order valence-corrected chi connectivity index (χ1v) is 8.05. The number of benzene rings is 1. The number of aliphatic carboxylic acids is 1. The van der Waals surface area contributed by atoms with Gasteiger partial charge in [-0.25, -0.2) is 4.79 Å². The molecule has 2 aliphatic rings. The van der Waals surface area contributed by atoms with E-state index in [9.17, 15) is 14.7 Å². The number of hydrogen-bond acceptors (Lipinski definition) is 3. The van der Waals surface area contributed by atoms with Gasteiger partial charge in [0.05, 0.1) is 11.0 Å². The minimum atomic E-state index is -0.687. The molecule has 1 aromatic rings. The number of rotatable bonds is 5. The van der Waals surface area contributed by atoms with Gasteiger partial charge in [0, 0.05) is 19.6 Å². The lowest BCUT2D eigenvalue weighted by Crippen LogP contribution is -2.55. The van der Waals surface area contributed by atoms with Gasteiger partial charge >= 0.3 is 12.0 Å². The molecular weight excluding hydrogens is 294 g/mol. The van der Waals surface area contributed by atoms with Gasteiger partial charge in [-0.05, 0) is 31.2 Å². The van der Waals surface area contributed by atoms with Gasteiger partial charge in [-0.3, -0.25) is 4.79 Å². The van der Waals surface area contributed by atoms with Crippen LogP contribution in [-0.2, 0) is 10.3 Å². The van der Waals surface area contributed by atoms with Gasteiger partial charge in [-0.2, -0.15) is 0 Å². The molecule has 0 radical (unpaired) electrons. The van der Waals surface area contributed by atoms with Crippen molar-refractivity contribution in [1.82, 2.24) is 10.2 Å². The topological polar surface area (TPSA) is 95.7 Å². The minimum absolute atomic E-state index is 0.455. The zero-order chi connectivity index (χ0) is 16.5. The number of nitrogens with two attached hydrogens (primary N) is 1. The molecule has 23 heavy (non-hydrogen) atoms. The summed E-state index contributed by atoms with van der Waals surface area (Å²) in [5.74, 6) is -0.687. The van der Waals surface area contributed by atoms with Crippen molar-refractivity contribution in [2.75, 3.05) is 19.6 Å². The minimum Gasteiger partial charge on any atom is -0.481 e. The zero-order valence-corrected chi connectivity index (χ0v) is 13.1. The molecular formula is C17H23N3O3. The van der Waals surface area contributed by atoms with Crippen molar-refractivity contribution in [2.45, 2.75) is 31.2 Å². The number of carboxylic acid groups (broad SMARTS) is 1. The number of nitrogens with zero attached hydrogens (tertiary/aromatic N) is 1. The third-order valence-electron chi connectivity index (χ3n) is 5.23. The number of carbonyl (C=O) groups is 2. The number of amides is 2. The number of nitrogens with one attached hydrogen (secondary N) is 1. The second kappa shape index (κ2) is 5.85. The summed E-state index contributed by atoms with van der Waals surface area (Å²) in [5.41, 5.74) is 5.45. The molecule has 0 atom stereocenters. The molecule has 6 nitrogen and oxygen atoms in total. The van der Waals surface area contributed by atoms with Crippen LogP contribution in [-0.4, -0.2) is 41.6 Å². The van der Waals surface area contributed by atoms with Crippen LogP contribution in [0.2, 0.25) is 0 Å². The lowest BCUT2D eigenvalue weighted by molar-refractivity contribution is -0.144. The van der Waals surface area contributed by atoms with E-state index in [1.165, 1.54) is 0 Å². The summed E-state index contributed by atoms with van der Waals surface area (Å²) in [6, 6.07) is 9.34. The Morgan fingerprint density at radius 2 is 1.74 bits per heavy atom. The molecule has 2 fully saturated rings. The van der Waals surface area contributed by atoms with Crippen molar-refractivity contribution in [1.29, 1.82) is 0 Å². The number of carbonyl (C=O) groups excluding carboxylic acids is 1. The predicted molar refractivity (Wildman–Crippen MR) is 85.8 cm³/mol. The van der Waals surface area contributed by atoms with E-state index >= 15 is 0 Å². The SMILES string of the molecule is NC(=O)NC1(c2ccccc2)CCN(CC2(C(=O)O)CC2)CC1. The average molecular weight is 317 g/mol. The van der Waals surface area contributed by atoms with Crippen molar-refractivity contribution in [3.05, 3.63) is 35.9 Å². The van der Waals surface area contributed by atoms with Crippen LogP contribution in [0.4, 0.5) is 4.79 Å². The Hall–Kier alpha value is -2.08. The van der Waals surface area contributed by atoms with Crippen LogP contribution in [0.3, 0.4) is 0 Å². The smallest absolute Gasteiger partial charge is 0.312 e. The van der Waals surface area contributed by atoms with Crippen LogP contribution in [0.15, 0.2) is 30.3 Å². The van der Waals surface area contributed by atoms with E-state index in [1.54, 1.807) is 0 Å². The maximum Gasteiger partial charge on any atom is 0.312 e. The van der Waals surface area contributed by atoms with Gasteiger partial charge in [0.15, 0.2) is 0 Å². The van der Waals surface area contributed by atoms with Crippen LogP contribution in [0.25, 0.3) is 0 Å². The molecule has 1 aliphatic heterocycles. The fourth-order valence-corrected chi connectivity index (χ4v) is 3.59. The number of piperidine rings is 1. The van der Waals surface area contributed by atoms with Crippen LogP contribution in [0, 0.1) is 5.41 Å². The molecule has 1 heterocycles. The van der Waals surface area contributed by atoms with Crippen LogP contribution in [0.5, 0.6) is 0 Å². The molecule has 124 valence electrons. The molecule has 6 heteroatoms. The lowest BCUT2D eigenvalue weighted by Gasteiger charge is -2.43. The fourth-order valence-electron chi connectivity index (χ4n) is 3.59. The molecule has 1 aliphatic carbocycles. The Morgan fingerprint density at radius 1 is 1.13 bits per heavy atom. The number of hydrogen-bond donors (Lipinski definition) is 3. The molecule has 1 saturated carbocycles. The number of urea groups is 1. The van der Waals surface area contributed by atoms with Crippen molar-refractivity contribution >= 4 is 12.0 Å². The Labute approximate surface area is 135 Å². The molecule has 1 saturated heterocycles. The Bertz CT molecular complexity index is 590. The monoisotopic (exact) mass is 317 g/mol. The Morgan fingerprint density at radius 3 is 2.22 bits per heavy atom. The molecule has 0 unspecified atom stereocenters. The lowest BCUT2D eigenvalue weighted by atomic mass is 9.80. The third kappa shape index (κ3) is 3.17. The van der Waals surface area contributed by atoms with E-state index in [-0.39, 0.29) is 0 Å². The van der Waals surface area contributed by atoms with Gasteiger partial charge in [0.2, 0.25) is 0 Å². The maximum atomic E-state index is 11.5. The van der Waals surface area contributed by atoms with E-state index < -0.39 is 23.0 Å². The highest BCUT2D eigenvalue weighted by molar-refractivity contribution is 5.78.